The van der Waals surface area contributed by atoms with Gasteiger partial charge < -0.3 is 10.1 Å². The van der Waals surface area contributed by atoms with E-state index in [4.69, 9.17) is 4.74 Å². The molecule has 1 amide bonds. The maximum atomic E-state index is 11.0. The second-order valence-electron chi connectivity index (χ2n) is 4.58. The number of nitrogens with one attached hydrogen (secondary N) is 1. The first-order valence-corrected chi connectivity index (χ1v) is 4.91. The second-order valence-corrected chi connectivity index (χ2v) is 4.58. The van der Waals surface area contributed by atoms with Gasteiger partial charge in [-0.25, -0.2) is 0 Å². The summed E-state index contributed by atoms with van der Waals surface area (Å²) >= 11 is 0. The summed E-state index contributed by atoms with van der Waals surface area (Å²) in [5.41, 5.74) is -0.109. The molecule has 0 aromatic heterocycles. The lowest BCUT2D eigenvalue weighted by Gasteiger charge is -2.27. The van der Waals surface area contributed by atoms with Crippen molar-refractivity contribution in [3.8, 4) is 0 Å². The number of rotatable bonds is 2. The summed E-state index contributed by atoms with van der Waals surface area (Å²) in [4.78, 5) is 11.0. The first-order valence-electron chi connectivity index (χ1n) is 4.91. The number of hydrogen-bond acceptors (Lipinski definition) is 2. The van der Waals surface area contributed by atoms with Crippen LogP contribution in [0.2, 0.25) is 0 Å². The van der Waals surface area contributed by atoms with Crippen LogP contribution in [0.4, 0.5) is 0 Å². The van der Waals surface area contributed by atoms with Crippen LogP contribution in [0.3, 0.4) is 0 Å². The maximum absolute atomic E-state index is 11.0. The zero-order valence-corrected chi connectivity index (χ0v) is 8.72. The van der Waals surface area contributed by atoms with Crippen LogP contribution < -0.4 is 5.32 Å². The van der Waals surface area contributed by atoms with Gasteiger partial charge in [0.15, 0.2) is 0 Å². The van der Waals surface area contributed by atoms with E-state index < -0.39 is 0 Å². The minimum absolute atomic E-state index is 0.109. The van der Waals surface area contributed by atoms with E-state index in [1.165, 1.54) is 0 Å². The fraction of sp³-hybridized carbons (Fsp3) is 0.900. The van der Waals surface area contributed by atoms with Crippen molar-refractivity contribution in [1.82, 2.24) is 5.32 Å². The average molecular weight is 185 g/mol. The molecule has 1 atom stereocenters. The molecule has 1 aliphatic rings. The van der Waals surface area contributed by atoms with E-state index in [1.807, 2.05) is 20.8 Å². The molecule has 0 aromatic carbocycles. The van der Waals surface area contributed by atoms with E-state index in [9.17, 15) is 4.79 Å². The summed E-state index contributed by atoms with van der Waals surface area (Å²) in [6, 6.07) is 0.223. The molecule has 0 aliphatic carbocycles. The predicted octanol–water partition coefficient (Wildman–Crippen LogP) is 1.47. The molecule has 0 spiro atoms. The van der Waals surface area contributed by atoms with Crippen molar-refractivity contribution in [1.29, 1.82) is 0 Å². The van der Waals surface area contributed by atoms with Crippen molar-refractivity contribution in [3.05, 3.63) is 0 Å². The number of carbonyl (C=O) groups is 1. The topological polar surface area (TPSA) is 38.3 Å². The molecular formula is C10H19NO2. The lowest BCUT2D eigenvalue weighted by atomic mass is 10.0. The highest BCUT2D eigenvalue weighted by Crippen LogP contribution is 2.12. The second kappa shape index (κ2) is 4.09. The number of piperidine rings is 1. The third kappa shape index (κ3) is 4.27. The van der Waals surface area contributed by atoms with E-state index in [1.54, 1.807) is 0 Å². The minimum atomic E-state index is -0.109. The van der Waals surface area contributed by atoms with Crippen molar-refractivity contribution in [3.63, 3.8) is 0 Å². The van der Waals surface area contributed by atoms with Crippen molar-refractivity contribution in [2.24, 2.45) is 0 Å². The summed E-state index contributed by atoms with van der Waals surface area (Å²) in [5.74, 6) is 0.161. The molecule has 76 valence electrons. The van der Waals surface area contributed by atoms with Gasteiger partial charge in [0.05, 0.1) is 18.2 Å². The van der Waals surface area contributed by atoms with Crippen molar-refractivity contribution >= 4 is 5.91 Å². The Balaban J connectivity index is 2.25. The number of hydrogen-bond donors (Lipinski definition) is 1. The number of amides is 1. The maximum Gasteiger partial charge on any atom is 0.220 e. The summed E-state index contributed by atoms with van der Waals surface area (Å²) in [6.45, 7) is 6.71. The number of ether oxygens (including phenoxy) is 1. The van der Waals surface area contributed by atoms with Gasteiger partial charge in [0.2, 0.25) is 5.91 Å². The van der Waals surface area contributed by atoms with E-state index in [2.05, 4.69) is 5.32 Å². The molecule has 1 aliphatic heterocycles. The highest BCUT2D eigenvalue weighted by atomic mass is 16.5. The molecule has 0 aromatic rings. The van der Waals surface area contributed by atoms with E-state index >= 15 is 0 Å². The number of carbonyl (C=O) groups excluding carboxylic acids is 1. The standard InChI is InChI=1S/C10H19NO2/c1-10(2,3)13-7-8-5-4-6-9(12)11-8/h8H,4-7H2,1-3H3,(H,11,12). The van der Waals surface area contributed by atoms with Crippen LogP contribution in [0.5, 0.6) is 0 Å². The van der Waals surface area contributed by atoms with Crippen LogP contribution >= 0.6 is 0 Å². The zero-order chi connectivity index (χ0) is 9.90. The molecule has 0 saturated carbocycles. The Labute approximate surface area is 79.8 Å². The fourth-order valence-corrected chi connectivity index (χ4v) is 1.36. The molecule has 13 heavy (non-hydrogen) atoms. The lowest BCUT2D eigenvalue weighted by Crippen LogP contribution is -2.43. The highest BCUT2D eigenvalue weighted by Gasteiger charge is 2.20. The van der Waals surface area contributed by atoms with Crippen molar-refractivity contribution < 1.29 is 9.53 Å². The first-order chi connectivity index (χ1) is 5.97. The molecular weight excluding hydrogens is 166 g/mol. The molecule has 1 heterocycles. The Bertz CT molecular complexity index is 184. The zero-order valence-electron chi connectivity index (χ0n) is 8.72. The predicted molar refractivity (Wildman–Crippen MR) is 51.5 cm³/mol. The fourth-order valence-electron chi connectivity index (χ4n) is 1.36. The van der Waals surface area contributed by atoms with E-state index in [0.717, 1.165) is 12.8 Å². The van der Waals surface area contributed by atoms with Gasteiger partial charge >= 0.3 is 0 Å². The van der Waals surface area contributed by atoms with Crippen LogP contribution in [0, 0.1) is 0 Å². The molecule has 0 radical (unpaired) electrons. The third-order valence-corrected chi connectivity index (χ3v) is 2.04. The molecule has 0 bridgehead atoms. The normalized spacial score (nSPS) is 24.2. The quantitative estimate of drug-likeness (QED) is 0.707. The van der Waals surface area contributed by atoms with Gasteiger partial charge in [-0.3, -0.25) is 4.79 Å². The van der Waals surface area contributed by atoms with Crippen LogP contribution in [0.25, 0.3) is 0 Å². The van der Waals surface area contributed by atoms with Gasteiger partial charge in [0.25, 0.3) is 0 Å². The van der Waals surface area contributed by atoms with Crippen LogP contribution in [0.15, 0.2) is 0 Å². The van der Waals surface area contributed by atoms with Gasteiger partial charge in [-0.05, 0) is 33.6 Å². The summed E-state index contributed by atoms with van der Waals surface area (Å²) in [5, 5.41) is 2.92. The SMILES string of the molecule is CC(C)(C)OCC1CCCC(=O)N1. The molecule has 1 rings (SSSR count). The van der Waals surface area contributed by atoms with E-state index in [0.29, 0.717) is 13.0 Å². The molecule has 1 unspecified atom stereocenters. The van der Waals surface area contributed by atoms with Gasteiger partial charge in [-0.2, -0.15) is 0 Å². The highest BCUT2D eigenvalue weighted by molar-refractivity contribution is 5.76. The summed E-state index contributed by atoms with van der Waals surface area (Å²) in [6.07, 6.45) is 2.71. The van der Waals surface area contributed by atoms with Gasteiger partial charge in [0.1, 0.15) is 0 Å². The summed E-state index contributed by atoms with van der Waals surface area (Å²) < 4.78 is 5.60. The minimum Gasteiger partial charge on any atom is -0.374 e. The Morgan fingerprint density at radius 2 is 2.23 bits per heavy atom. The van der Waals surface area contributed by atoms with Crippen LogP contribution in [-0.4, -0.2) is 24.2 Å². The van der Waals surface area contributed by atoms with E-state index in [-0.39, 0.29) is 17.6 Å². The van der Waals surface area contributed by atoms with Crippen molar-refractivity contribution in [2.45, 2.75) is 51.7 Å². The lowest BCUT2D eigenvalue weighted by molar-refractivity contribution is -0.124. The first kappa shape index (κ1) is 10.5. The average Bonchev–Trinajstić information content (AvgIpc) is 2.00. The largest absolute Gasteiger partial charge is 0.374 e. The molecule has 1 fully saturated rings. The van der Waals surface area contributed by atoms with Crippen LogP contribution in [0.1, 0.15) is 40.0 Å². The monoisotopic (exact) mass is 185 g/mol. The van der Waals surface area contributed by atoms with Gasteiger partial charge in [-0.15, -0.1) is 0 Å². The third-order valence-electron chi connectivity index (χ3n) is 2.04. The molecule has 3 heteroatoms. The van der Waals surface area contributed by atoms with Gasteiger partial charge in [0, 0.05) is 6.42 Å². The Kier molecular flexibility index (Phi) is 3.31. The molecule has 3 nitrogen and oxygen atoms in total. The Morgan fingerprint density at radius 3 is 2.77 bits per heavy atom. The Morgan fingerprint density at radius 1 is 1.54 bits per heavy atom. The van der Waals surface area contributed by atoms with Crippen LogP contribution in [-0.2, 0) is 9.53 Å². The molecule has 1 saturated heterocycles. The Hall–Kier alpha value is -0.570. The van der Waals surface area contributed by atoms with Crippen molar-refractivity contribution in [2.75, 3.05) is 6.61 Å². The summed E-state index contributed by atoms with van der Waals surface area (Å²) in [7, 11) is 0. The molecule has 1 N–H and O–H groups in total. The smallest absolute Gasteiger partial charge is 0.220 e. The van der Waals surface area contributed by atoms with Gasteiger partial charge in [-0.1, -0.05) is 0 Å².